The Labute approximate surface area is 123 Å². The molecule has 1 saturated carbocycles. The lowest BCUT2D eigenvalue weighted by atomic mass is 9.84. The van der Waals surface area contributed by atoms with E-state index in [4.69, 9.17) is 11.1 Å². The SMILES string of the molecule is CC1CCCCC1N(C)c1ccc(Br)cc1C(=N)N. The summed E-state index contributed by atoms with van der Waals surface area (Å²) >= 11 is 3.45. The number of halogens is 1. The van der Waals surface area contributed by atoms with Gasteiger partial charge in [-0.2, -0.15) is 0 Å². The maximum Gasteiger partial charge on any atom is 0.124 e. The quantitative estimate of drug-likeness (QED) is 0.657. The minimum atomic E-state index is 0.131. The van der Waals surface area contributed by atoms with Gasteiger partial charge in [0.15, 0.2) is 0 Å². The summed E-state index contributed by atoms with van der Waals surface area (Å²) < 4.78 is 0.964. The average molecular weight is 324 g/mol. The van der Waals surface area contributed by atoms with Crippen molar-refractivity contribution >= 4 is 27.5 Å². The molecule has 0 saturated heterocycles. The monoisotopic (exact) mass is 323 g/mol. The van der Waals surface area contributed by atoms with Crippen LogP contribution in [0.15, 0.2) is 22.7 Å². The van der Waals surface area contributed by atoms with Crippen molar-refractivity contribution in [2.45, 2.75) is 38.6 Å². The maximum absolute atomic E-state index is 7.76. The van der Waals surface area contributed by atoms with Gasteiger partial charge in [-0.1, -0.05) is 35.7 Å². The third-order valence-corrected chi connectivity index (χ3v) is 4.69. The molecule has 2 rings (SSSR count). The number of amidine groups is 1. The summed E-state index contributed by atoms with van der Waals surface area (Å²) in [5.74, 6) is 0.828. The molecule has 104 valence electrons. The minimum Gasteiger partial charge on any atom is -0.384 e. The summed E-state index contributed by atoms with van der Waals surface area (Å²) in [6, 6.07) is 6.56. The van der Waals surface area contributed by atoms with Gasteiger partial charge in [0.25, 0.3) is 0 Å². The van der Waals surface area contributed by atoms with Crippen LogP contribution < -0.4 is 10.6 Å². The molecule has 2 atom stereocenters. The fourth-order valence-electron chi connectivity index (χ4n) is 3.08. The van der Waals surface area contributed by atoms with E-state index < -0.39 is 0 Å². The molecule has 3 N–H and O–H groups in total. The predicted octanol–water partition coefficient (Wildman–Crippen LogP) is 3.75. The van der Waals surface area contributed by atoms with Crippen LogP contribution in [0.2, 0.25) is 0 Å². The Morgan fingerprint density at radius 1 is 1.37 bits per heavy atom. The molecule has 3 nitrogen and oxygen atoms in total. The molecule has 0 aromatic heterocycles. The predicted molar refractivity (Wildman–Crippen MR) is 85.0 cm³/mol. The summed E-state index contributed by atoms with van der Waals surface area (Å²) in [6.45, 7) is 2.33. The van der Waals surface area contributed by atoms with Gasteiger partial charge in [0.1, 0.15) is 5.84 Å². The van der Waals surface area contributed by atoms with Gasteiger partial charge in [-0.25, -0.2) is 0 Å². The number of nitrogens with zero attached hydrogens (tertiary/aromatic N) is 1. The highest BCUT2D eigenvalue weighted by Gasteiger charge is 2.26. The molecule has 1 fully saturated rings. The molecule has 0 amide bonds. The summed E-state index contributed by atoms with van der Waals surface area (Å²) in [5, 5.41) is 7.76. The second kappa shape index (κ2) is 5.95. The van der Waals surface area contributed by atoms with Crippen molar-refractivity contribution in [3.63, 3.8) is 0 Å². The fourth-order valence-corrected chi connectivity index (χ4v) is 3.44. The minimum absolute atomic E-state index is 0.131. The zero-order valence-electron chi connectivity index (χ0n) is 11.6. The van der Waals surface area contributed by atoms with Crippen LogP contribution in [0.1, 0.15) is 38.2 Å². The van der Waals surface area contributed by atoms with Crippen molar-refractivity contribution < 1.29 is 0 Å². The molecule has 1 aromatic rings. The zero-order chi connectivity index (χ0) is 14.0. The Morgan fingerprint density at radius 3 is 2.68 bits per heavy atom. The van der Waals surface area contributed by atoms with E-state index in [1.807, 2.05) is 12.1 Å². The van der Waals surface area contributed by atoms with Gasteiger partial charge in [-0.3, -0.25) is 5.41 Å². The number of hydrogen-bond acceptors (Lipinski definition) is 2. The molecule has 2 unspecified atom stereocenters. The van der Waals surface area contributed by atoms with Gasteiger partial charge < -0.3 is 10.6 Å². The Balaban J connectivity index is 2.32. The number of anilines is 1. The fraction of sp³-hybridized carbons (Fsp3) is 0.533. The van der Waals surface area contributed by atoms with Crippen LogP contribution in [-0.4, -0.2) is 18.9 Å². The average Bonchev–Trinajstić information content (AvgIpc) is 2.38. The third-order valence-electron chi connectivity index (χ3n) is 4.19. The van der Waals surface area contributed by atoms with Crippen molar-refractivity contribution in [2.75, 3.05) is 11.9 Å². The molecule has 0 heterocycles. The molecule has 0 spiro atoms. The molecular formula is C15H22BrN3. The summed E-state index contributed by atoms with van der Waals surface area (Å²) in [6.07, 6.45) is 5.16. The first-order chi connectivity index (χ1) is 9.00. The number of hydrogen-bond donors (Lipinski definition) is 2. The van der Waals surface area contributed by atoms with Crippen molar-refractivity contribution in [3.8, 4) is 0 Å². The first kappa shape index (κ1) is 14.4. The lowest BCUT2D eigenvalue weighted by Gasteiger charge is -2.38. The van der Waals surface area contributed by atoms with E-state index in [1.165, 1.54) is 25.7 Å². The molecular weight excluding hydrogens is 302 g/mol. The molecule has 4 heteroatoms. The van der Waals surface area contributed by atoms with E-state index in [0.29, 0.717) is 12.0 Å². The Bertz CT molecular complexity index is 472. The standard InChI is InChI=1S/C15H22BrN3/c1-10-5-3-4-6-13(10)19(2)14-8-7-11(16)9-12(14)15(17)18/h7-10,13H,3-6H2,1-2H3,(H3,17,18). The molecule has 0 radical (unpaired) electrons. The highest BCUT2D eigenvalue weighted by atomic mass is 79.9. The van der Waals surface area contributed by atoms with E-state index in [0.717, 1.165) is 15.7 Å². The van der Waals surface area contributed by atoms with Crippen LogP contribution in [-0.2, 0) is 0 Å². The number of nitrogen functional groups attached to an aromatic ring is 1. The second-order valence-corrected chi connectivity index (χ2v) is 6.43. The molecule has 1 aliphatic carbocycles. The highest BCUT2D eigenvalue weighted by molar-refractivity contribution is 9.10. The summed E-state index contributed by atoms with van der Waals surface area (Å²) in [4.78, 5) is 2.31. The Kier molecular flexibility index (Phi) is 4.50. The van der Waals surface area contributed by atoms with E-state index in [-0.39, 0.29) is 5.84 Å². The molecule has 19 heavy (non-hydrogen) atoms. The number of benzene rings is 1. The number of nitrogens with two attached hydrogens (primary N) is 1. The van der Waals surface area contributed by atoms with Crippen LogP contribution in [0.25, 0.3) is 0 Å². The van der Waals surface area contributed by atoms with E-state index in [2.05, 4.69) is 40.9 Å². The highest BCUT2D eigenvalue weighted by Crippen LogP contribution is 2.32. The lowest BCUT2D eigenvalue weighted by Crippen LogP contribution is -2.40. The van der Waals surface area contributed by atoms with Gasteiger partial charge >= 0.3 is 0 Å². The van der Waals surface area contributed by atoms with E-state index in [9.17, 15) is 0 Å². The zero-order valence-corrected chi connectivity index (χ0v) is 13.2. The maximum atomic E-state index is 7.76. The van der Waals surface area contributed by atoms with E-state index >= 15 is 0 Å². The normalized spacial score (nSPS) is 23.1. The van der Waals surface area contributed by atoms with Crippen LogP contribution >= 0.6 is 15.9 Å². The first-order valence-electron chi connectivity index (χ1n) is 6.87. The second-order valence-electron chi connectivity index (χ2n) is 5.52. The van der Waals surface area contributed by atoms with Crippen LogP contribution in [0, 0.1) is 11.3 Å². The number of rotatable bonds is 3. The largest absolute Gasteiger partial charge is 0.384 e. The van der Waals surface area contributed by atoms with Gasteiger partial charge in [0, 0.05) is 28.8 Å². The van der Waals surface area contributed by atoms with Crippen LogP contribution in [0.5, 0.6) is 0 Å². The van der Waals surface area contributed by atoms with Crippen LogP contribution in [0.4, 0.5) is 5.69 Å². The third kappa shape index (κ3) is 3.11. The van der Waals surface area contributed by atoms with Crippen LogP contribution in [0.3, 0.4) is 0 Å². The summed E-state index contributed by atoms with van der Waals surface area (Å²) in [7, 11) is 2.13. The molecule has 1 aromatic carbocycles. The van der Waals surface area contributed by atoms with Gasteiger partial charge in [0.2, 0.25) is 0 Å². The molecule has 1 aliphatic rings. The molecule has 0 aliphatic heterocycles. The van der Waals surface area contributed by atoms with Crippen molar-refractivity contribution in [1.29, 1.82) is 5.41 Å². The van der Waals surface area contributed by atoms with Crippen molar-refractivity contribution in [1.82, 2.24) is 0 Å². The van der Waals surface area contributed by atoms with Gasteiger partial charge in [-0.05, 0) is 37.0 Å². The topological polar surface area (TPSA) is 53.1 Å². The number of nitrogens with one attached hydrogen (secondary N) is 1. The first-order valence-corrected chi connectivity index (χ1v) is 7.66. The smallest absolute Gasteiger partial charge is 0.124 e. The van der Waals surface area contributed by atoms with Crippen molar-refractivity contribution in [3.05, 3.63) is 28.2 Å². The lowest BCUT2D eigenvalue weighted by molar-refractivity contribution is 0.321. The van der Waals surface area contributed by atoms with Crippen molar-refractivity contribution in [2.24, 2.45) is 11.7 Å². The van der Waals surface area contributed by atoms with Gasteiger partial charge in [-0.15, -0.1) is 0 Å². The summed E-state index contributed by atoms with van der Waals surface area (Å²) in [5.41, 5.74) is 7.60. The Morgan fingerprint density at radius 2 is 2.05 bits per heavy atom. The Hall–Kier alpha value is -1.03. The van der Waals surface area contributed by atoms with E-state index in [1.54, 1.807) is 0 Å². The van der Waals surface area contributed by atoms with Gasteiger partial charge in [0.05, 0.1) is 0 Å². The molecule has 0 bridgehead atoms.